The Morgan fingerprint density at radius 1 is 0.946 bits per heavy atom. The highest BCUT2D eigenvalue weighted by Gasteiger charge is 2.46. The smallest absolute Gasteiger partial charge is 0.255 e. The molecular weight excluding hydrogens is 978 g/mol. The first-order valence-corrected chi connectivity index (χ1v) is 26.5. The van der Waals surface area contributed by atoms with Gasteiger partial charge < -0.3 is 39.9 Å². The number of aromatic nitrogens is 2. The predicted molar refractivity (Wildman–Crippen MR) is 285 cm³/mol. The molecule has 1 unspecified atom stereocenters. The summed E-state index contributed by atoms with van der Waals surface area (Å²) in [7, 11) is 0. The van der Waals surface area contributed by atoms with Gasteiger partial charge in [-0.05, 0) is 92.8 Å². The van der Waals surface area contributed by atoms with Gasteiger partial charge in [0.05, 0.1) is 44.4 Å². The van der Waals surface area contributed by atoms with Crippen molar-refractivity contribution < 1.29 is 33.8 Å². The number of β-amino-alcohol motifs (C(OH)–C–C–N with tert-alkyl or cyclic N) is 1. The van der Waals surface area contributed by atoms with E-state index in [4.69, 9.17) is 21.1 Å². The van der Waals surface area contributed by atoms with E-state index in [0.717, 1.165) is 59.3 Å². The van der Waals surface area contributed by atoms with Crippen LogP contribution in [0.15, 0.2) is 84.5 Å². The molecule has 3 aliphatic heterocycles. The molecule has 5 heterocycles. The van der Waals surface area contributed by atoms with E-state index in [1.807, 2.05) is 97.3 Å². The van der Waals surface area contributed by atoms with Crippen molar-refractivity contribution >= 4 is 52.4 Å². The zero-order valence-electron chi connectivity index (χ0n) is 43.3. The fourth-order valence-electron chi connectivity index (χ4n) is 9.82. The highest BCUT2D eigenvalue weighted by atomic mass is 35.5. The monoisotopic (exact) mass is 1040 g/mol. The van der Waals surface area contributed by atoms with Gasteiger partial charge >= 0.3 is 0 Å². The highest BCUT2D eigenvalue weighted by molar-refractivity contribution is 7.13. The lowest BCUT2D eigenvalue weighted by atomic mass is 9.80. The molecule has 2 aromatic heterocycles. The first kappa shape index (κ1) is 53.7. The summed E-state index contributed by atoms with van der Waals surface area (Å²) in [6.07, 6.45) is 0.545. The number of amides is 4. The fourth-order valence-corrected chi connectivity index (χ4v) is 10.8. The molecule has 0 radical (unpaired) electrons. The van der Waals surface area contributed by atoms with Crippen LogP contribution in [0.5, 0.6) is 11.5 Å². The number of hydrogen-bond donors (Lipinski definition) is 3. The van der Waals surface area contributed by atoms with Crippen LogP contribution in [0, 0.1) is 29.6 Å². The van der Waals surface area contributed by atoms with Crippen LogP contribution in [-0.2, 0) is 16.1 Å². The van der Waals surface area contributed by atoms with Crippen LogP contribution in [0.4, 0.5) is 5.82 Å². The molecule has 6 atom stereocenters. The van der Waals surface area contributed by atoms with Gasteiger partial charge in [-0.15, -0.1) is 11.3 Å². The molecule has 16 nitrogen and oxygen atoms in total. The van der Waals surface area contributed by atoms with Crippen molar-refractivity contribution in [3.05, 3.63) is 123 Å². The summed E-state index contributed by atoms with van der Waals surface area (Å²) in [5.74, 6) is 0.510. The van der Waals surface area contributed by atoms with Gasteiger partial charge in [0.25, 0.3) is 11.8 Å². The number of rotatable bonds is 18. The van der Waals surface area contributed by atoms with Crippen molar-refractivity contribution in [2.24, 2.45) is 11.3 Å². The Kier molecular flexibility index (Phi) is 16.6. The number of fused-ring (bicyclic) bond motifs is 1. The van der Waals surface area contributed by atoms with Crippen LogP contribution < -0.4 is 25.0 Å². The maximum absolute atomic E-state index is 14.5. The molecule has 0 saturated carbocycles. The Balaban J connectivity index is 0.790. The van der Waals surface area contributed by atoms with Gasteiger partial charge in [-0.2, -0.15) is 5.26 Å². The third-order valence-corrected chi connectivity index (χ3v) is 16.3. The molecule has 3 aromatic carbocycles. The number of likely N-dealkylation sites (tertiary alicyclic amines) is 1. The first-order chi connectivity index (χ1) is 35.3. The number of hydrogen-bond acceptors (Lipinski definition) is 13. The number of pyridine rings is 1. The summed E-state index contributed by atoms with van der Waals surface area (Å²) >= 11 is 7.79. The standard InChI is InChI=1S/C56H66ClN9O7S/c1-33(2)50(55(71)65-31-43(67)26-48(65)53(69)61-34(3)38-9-11-39(12-10-38)51-35(4)60-32-74-51)66-30-42-25-44(16-17-46(42)54(66)70)72-24-23-63-19-21-64(22-20-63)49-18-14-41(29-59-49)52(68)62-36(5)56(7,8)37(6)73-45-15-13-40(28-58)47(57)27-45/h9-18,25,27,29,32-34,36-37,43,48,50,67H,19-24,26,30-31H2,1-8H3,(H,61,69)(H,62,68)/t34-,36-,37-,43?,48-,50-/m0/s1. The Labute approximate surface area is 442 Å². The van der Waals surface area contributed by atoms with Crippen LogP contribution in [0.25, 0.3) is 10.4 Å². The molecule has 5 aromatic rings. The minimum Gasteiger partial charge on any atom is -0.492 e. The number of aliphatic hydroxyl groups excluding tert-OH is 1. The lowest BCUT2D eigenvalue weighted by molar-refractivity contribution is -0.143. The van der Waals surface area contributed by atoms with Gasteiger partial charge in [0, 0.05) is 81.5 Å². The van der Waals surface area contributed by atoms with Gasteiger partial charge in [-0.3, -0.25) is 24.1 Å². The summed E-state index contributed by atoms with van der Waals surface area (Å²) in [5.41, 5.74) is 6.39. The number of benzene rings is 3. The number of aliphatic hydroxyl groups is 1. The number of nitrogens with one attached hydrogen (secondary N) is 2. The van der Waals surface area contributed by atoms with Crippen LogP contribution in [-0.4, -0.2) is 130 Å². The Bertz CT molecular complexity index is 2880. The molecule has 2 saturated heterocycles. The fraction of sp³-hybridized carbons (Fsp3) is 0.446. The van der Waals surface area contributed by atoms with E-state index >= 15 is 0 Å². The van der Waals surface area contributed by atoms with Gasteiger partial charge in [0.15, 0.2) is 0 Å². The van der Waals surface area contributed by atoms with Crippen LogP contribution in [0.2, 0.25) is 5.02 Å². The molecule has 390 valence electrons. The molecule has 0 aliphatic carbocycles. The van der Waals surface area contributed by atoms with Crippen LogP contribution in [0.3, 0.4) is 0 Å². The summed E-state index contributed by atoms with van der Waals surface area (Å²) in [5, 5.41) is 26.5. The topological polar surface area (TPSA) is 194 Å². The number of piperazine rings is 1. The molecule has 74 heavy (non-hydrogen) atoms. The number of ether oxygens (including phenoxy) is 2. The molecular formula is C56H66ClN9O7S. The van der Waals surface area contributed by atoms with E-state index in [2.05, 4.69) is 36.5 Å². The number of anilines is 1. The van der Waals surface area contributed by atoms with Gasteiger partial charge in [-0.1, -0.05) is 63.6 Å². The minimum atomic E-state index is -0.887. The summed E-state index contributed by atoms with van der Waals surface area (Å²) in [6.45, 7) is 20.0. The molecule has 4 amide bonds. The number of aryl methyl sites for hydroxylation is 1. The van der Waals surface area contributed by atoms with Crippen molar-refractivity contribution in [1.82, 2.24) is 35.3 Å². The third-order valence-electron chi connectivity index (χ3n) is 15.0. The molecule has 3 N–H and O–H groups in total. The van der Waals surface area contributed by atoms with E-state index in [9.17, 15) is 29.5 Å². The number of nitriles is 1. The largest absolute Gasteiger partial charge is 0.492 e. The van der Waals surface area contributed by atoms with Crippen LogP contribution >= 0.6 is 22.9 Å². The highest BCUT2D eigenvalue weighted by Crippen LogP contribution is 2.35. The summed E-state index contributed by atoms with van der Waals surface area (Å²) < 4.78 is 12.4. The zero-order valence-corrected chi connectivity index (χ0v) is 44.9. The van der Waals surface area contributed by atoms with Crippen LogP contribution in [0.1, 0.15) is 104 Å². The van der Waals surface area contributed by atoms with Crippen molar-refractivity contribution in [2.45, 2.75) is 105 Å². The number of carbonyl (C=O) groups is 4. The second-order valence-corrected chi connectivity index (χ2v) is 21.8. The van der Waals surface area contributed by atoms with Gasteiger partial charge in [0.2, 0.25) is 11.8 Å². The van der Waals surface area contributed by atoms with Crippen molar-refractivity contribution in [1.29, 1.82) is 5.26 Å². The Morgan fingerprint density at radius 2 is 1.68 bits per heavy atom. The molecule has 2 fully saturated rings. The van der Waals surface area contributed by atoms with Crippen molar-refractivity contribution in [3.8, 4) is 28.0 Å². The Hall–Kier alpha value is -6.58. The number of thiazole rings is 1. The quantitative estimate of drug-likeness (QED) is 0.0777. The summed E-state index contributed by atoms with van der Waals surface area (Å²) in [4.78, 5) is 73.3. The lowest BCUT2D eigenvalue weighted by Crippen LogP contribution is -2.55. The van der Waals surface area contributed by atoms with Gasteiger partial charge in [-0.25, -0.2) is 9.97 Å². The second kappa shape index (κ2) is 22.9. The predicted octanol–water partition coefficient (Wildman–Crippen LogP) is 7.67. The number of nitrogens with zero attached hydrogens (tertiary/aromatic N) is 7. The van der Waals surface area contributed by atoms with E-state index in [0.29, 0.717) is 46.4 Å². The van der Waals surface area contributed by atoms with E-state index in [1.54, 1.807) is 58.8 Å². The summed E-state index contributed by atoms with van der Waals surface area (Å²) in [6, 6.07) is 21.7. The molecule has 0 spiro atoms. The van der Waals surface area contributed by atoms with Crippen molar-refractivity contribution in [2.75, 3.05) is 50.8 Å². The second-order valence-electron chi connectivity index (χ2n) is 20.6. The third kappa shape index (κ3) is 11.8. The van der Waals surface area contributed by atoms with E-state index in [1.165, 1.54) is 4.90 Å². The van der Waals surface area contributed by atoms with E-state index in [-0.39, 0.29) is 67.2 Å². The zero-order chi connectivity index (χ0) is 53.0. The minimum absolute atomic E-state index is 0.00139. The van der Waals surface area contributed by atoms with Gasteiger partial charge in [0.1, 0.15) is 48.2 Å². The molecule has 8 rings (SSSR count). The van der Waals surface area contributed by atoms with Crippen molar-refractivity contribution in [3.63, 3.8) is 0 Å². The average Bonchev–Trinajstić information content (AvgIpc) is 4.09. The molecule has 0 bridgehead atoms. The molecule has 3 aliphatic rings. The van der Waals surface area contributed by atoms with E-state index < -0.39 is 23.6 Å². The maximum atomic E-state index is 14.5. The average molecular weight is 1040 g/mol. The SMILES string of the molecule is Cc1ncsc1-c1ccc([C@H](C)NC(=O)[C@@H]2CC(O)CN2C(=O)[C@H](C(C)C)N2Cc3cc(OCCN4CCN(c5ccc(C(=O)N[C@@H](C)C(C)(C)[C@H](C)Oc6ccc(C#N)c(Cl)c6)cn5)CC4)ccc3C2=O)cc1. The first-order valence-electron chi connectivity index (χ1n) is 25.3. The lowest BCUT2D eigenvalue weighted by Gasteiger charge is -2.38. The maximum Gasteiger partial charge on any atom is 0.255 e. The normalized spacial score (nSPS) is 18.6. The Morgan fingerprint density at radius 3 is 2.32 bits per heavy atom. The number of carbonyl (C=O) groups excluding carboxylic acids is 4. The molecule has 18 heteroatoms. The number of halogens is 1.